The summed E-state index contributed by atoms with van der Waals surface area (Å²) in [5, 5.41) is 9.18. The third-order valence-electron chi connectivity index (χ3n) is 14.5. The average Bonchev–Trinajstić information content (AvgIpc) is 3.10. The van der Waals surface area contributed by atoms with E-state index in [1.54, 1.807) is 36.4 Å². The van der Waals surface area contributed by atoms with Crippen LogP contribution in [0.5, 0.6) is 11.5 Å². The first-order valence-corrected chi connectivity index (χ1v) is 30.9. The smallest absolute Gasteiger partial charge is 0.389 e. The number of para-hydroxylation sites is 1. The Morgan fingerprint density at radius 3 is 2.24 bits per heavy atom. The van der Waals surface area contributed by atoms with Crippen LogP contribution < -0.4 is 31.4 Å². The molecule has 84 heavy (non-hydrogen) atoms. The van der Waals surface area contributed by atoms with E-state index in [-0.39, 0.29) is 57.6 Å². The van der Waals surface area contributed by atoms with Crippen LogP contribution >= 0.6 is 25.7 Å². The van der Waals surface area contributed by atoms with Crippen LogP contribution in [0.3, 0.4) is 0 Å². The van der Waals surface area contributed by atoms with Gasteiger partial charge in [-0.15, -0.1) is 5.10 Å². The van der Waals surface area contributed by atoms with Crippen LogP contribution in [0.1, 0.15) is 33.9 Å². The molecule has 5 aromatic heterocycles. The molecule has 430 valence electrons. The SMILES string of the molecule is [B][P@@]1(=O)OC[C@H]2O[C@@H](n3cnc4c(N)ccnc43)[C@H](F)[C@@H]2O[P@@](=O)(SCc2ccc(OC(=O)c3ccc(OCCn4nnc5c4-c4ccccc4CN(C)c4ccccc4-5)cc3)cc2)OC[C@H]2O[C@@H](n3cnc4c(=O)[nH]c(N)nc43)[C@H](F)[C@@H]2O1. The lowest BCUT2D eigenvalue weighted by Gasteiger charge is -2.30. The number of anilines is 3. The Hall–Kier alpha value is -7.85. The molecule has 4 aliphatic rings. The van der Waals surface area contributed by atoms with Gasteiger partial charge in [-0.05, 0) is 71.0 Å². The van der Waals surface area contributed by atoms with Gasteiger partial charge >= 0.3 is 12.8 Å². The molecule has 5 N–H and O–H groups in total. The highest BCUT2D eigenvalue weighted by atomic mass is 32.7. The number of carbonyl (C=O) groups excluding carboxylic acids is 1. The molecule has 0 spiro atoms. The minimum atomic E-state index is -4.77. The van der Waals surface area contributed by atoms with Crippen LogP contribution in [0, 0.1) is 0 Å². The van der Waals surface area contributed by atoms with Crippen molar-refractivity contribution in [2.45, 2.75) is 68.1 Å². The zero-order valence-electron chi connectivity index (χ0n) is 44.1. The van der Waals surface area contributed by atoms with Crippen molar-refractivity contribution in [2.24, 2.45) is 0 Å². The number of esters is 1. The fourth-order valence-corrected chi connectivity index (χ4v) is 14.9. The summed E-state index contributed by atoms with van der Waals surface area (Å²) in [6.45, 7) is -4.84. The first kappa shape index (κ1) is 55.4. The molecule has 0 unspecified atom stereocenters. The van der Waals surface area contributed by atoms with Crippen molar-refractivity contribution in [3.8, 4) is 34.0 Å². The number of H-pyrrole nitrogens is 1. The number of aromatic amines is 1. The molecule has 3 fully saturated rings. The summed E-state index contributed by atoms with van der Waals surface area (Å²) in [6, 6.07) is 30.6. The first-order chi connectivity index (χ1) is 40.6. The van der Waals surface area contributed by atoms with Crippen molar-refractivity contribution in [3.05, 3.63) is 149 Å². The van der Waals surface area contributed by atoms with E-state index in [9.17, 15) is 14.2 Å². The number of alkyl halides is 2. The van der Waals surface area contributed by atoms with E-state index in [0.29, 0.717) is 35.8 Å². The van der Waals surface area contributed by atoms with Crippen LogP contribution in [0.15, 0.2) is 127 Å². The van der Waals surface area contributed by atoms with Gasteiger partial charge in [-0.25, -0.2) is 37.8 Å². The van der Waals surface area contributed by atoms with E-state index < -0.39 is 88.2 Å². The molecule has 0 amide bonds. The van der Waals surface area contributed by atoms with Crippen LogP contribution in [0.2, 0.25) is 0 Å². The second-order valence-electron chi connectivity index (χ2n) is 20.0. The fourth-order valence-electron chi connectivity index (χ4n) is 10.5. The van der Waals surface area contributed by atoms with E-state index in [2.05, 4.69) is 65.4 Å². The third kappa shape index (κ3) is 10.6. The van der Waals surface area contributed by atoms with Crippen molar-refractivity contribution in [1.29, 1.82) is 0 Å². The number of fused-ring (bicyclic) bond motifs is 9. The minimum absolute atomic E-state index is 0.101. The van der Waals surface area contributed by atoms with E-state index in [1.165, 1.54) is 35.3 Å². The molecule has 31 heteroatoms. The zero-order valence-corrected chi connectivity index (χ0v) is 46.7. The number of nitrogens with two attached hydrogens (primary N) is 2. The molecule has 4 aromatic carbocycles. The number of nitrogens with one attached hydrogen (secondary N) is 1. The molecule has 13 rings (SSSR count). The number of carbonyl (C=O) groups is 1. The standard InChI is InChI=1S/C53H48BF2N13O12P2S/c1-66-22-30-6-2-3-7-33(30)44-41(34-8-4-5-9-36(34)66)64-65-69(44)20-21-74-31-16-12-29(13-17-31)52(71)77-32-14-10-28(11-15-32)25-84-83(73)76-24-38-45(39(55)51(79-38)68-27-61-43-48(68)62-53(58)63-49(43)70)80-82(54,72)75-23-37-46(81-83)40(56)50(78-37)67-26-60-42-35(57)18-19-59-47(42)67/h2-19,26-27,37-40,45-46,50-51H,20-25H2,1H3,(H2,57,59)(H3,58,62,63,70)/t37-,38-,39-,40-,45-,46-,50-,51-,82-,83+/m1/s1. The maximum Gasteiger partial charge on any atom is 0.389 e. The maximum atomic E-state index is 17.0. The van der Waals surface area contributed by atoms with Crippen LogP contribution in [0.25, 0.3) is 44.8 Å². The Labute approximate surface area is 480 Å². The fraction of sp³-hybridized carbons (Fsp3) is 0.283. The zero-order chi connectivity index (χ0) is 58.0. The predicted octanol–water partition coefficient (Wildman–Crippen LogP) is 7.51. The first-order valence-electron chi connectivity index (χ1n) is 26.1. The molecule has 4 aliphatic heterocycles. The van der Waals surface area contributed by atoms with Crippen molar-refractivity contribution in [2.75, 3.05) is 43.2 Å². The molecule has 9 aromatic rings. The van der Waals surface area contributed by atoms with E-state index in [1.807, 2.05) is 35.0 Å². The van der Waals surface area contributed by atoms with Crippen molar-refractivity contribution in [3.63, 3.8) is 0 Å². The topological polar surface area (TPSA) is 305 Å². The van der Waals surface area contributed by atoms with E-state index >= 15 is 13.3 Å². The molecular weight excluding hydrogens is 1150 g/mol. The lowest BCUT2D eigenvalue weighted by atomic mass is 9.96. The number of imidazole rings is 2. The number of pyridine rings is 1. The number of halogens is 2. The Morgan fingerprint density at radius 2 is 1.48 bits per heavy atom. The predicted molar refractivity (Wildman–Crippen MR) is 302 cm³/mol. The minimum Gasteiger partial charge on any atom is -0.492 e. The molecule has 25 nitrogen and oxygen atoms in total. The summed E-state index contributed by atoms with van der Waals surface area (Å²) < 4.78 is 114. The number of hydrogen-bond acceptors (Lipinski definition) is 22. The number of benzene rings is 4. The monoisotopic (exact) mass is 1200 g/mol. The van der Waals surface area contributed by atoms with E-state index in [0.717, 1.165) is 44.7 Å². The van der Waals surface area contributed by atoms with Gasteiger partial charge in [0.1, 0.15) is 53.7 Å². The van der Waals surface area contributed by atoms with Crippen molar-refractivity contribution >= 4 is 78.8 Å². The Kier molecular flexibility index (Phi) is 14.7. The quantitative estimate of drug-likeness (QED) is 0.0488. The van der Waals surface area contributed by atoms with Gasteiger partial charge in [0.05, 0.1) is 49.4 Å². The van der Waals surface area contributed by atoms with Gasteiger partial charge in [-0.2, -0.15) is 4.98 Å². The molecular formula is C53H48BF2N13O12P2S. The number of rotatable bonds is 11. The number of nitrogens with zero attached hydrogens (tertiary/aromatic N) is 10. The Balaban J connectivity index is 0.693. The number of hydrogen-bond donors (Lipinski definition) is 3. The molecule has 3 saturated heterocycles. The van der Waals surface area contributed by atoms with Gasteiger partial charge in [-0.3, -0.25) is 32.5 Å². The van der Waals surface area contributed by atoms with Crippen molar-refractivity contribution in [1.82, 2.24) is 49.0 Å². The normalized spacial score (nSPS) is 26.0. The van der Waals surface area contributed by atoms with Gasteiger partial charge in [0, 0.05) is 42.4 Å². The number of nitrogen functional groups attached to an aromatic ring is 2. The Bertz CT molecular complexity index is 4150. The summed E-state index contributed by atoms with van der Waals surface area (Å²) in [6.07, 6.45) is -10.5. The maximum absolute atomic E-state index is 17.0. The summed E-state index contributed by atoms with van der Waals surface area (Å²) in [5.74, 6) is -0.350. The van der Waals surface area contributed by atoms with Gasteiger partial charge in [-0.1, -0.05) is 59.8 Å². The lowest BCUT2D eigenvalue weighted by molar-refractivity contribution is -0.0546. The van der Waals surface area contributed by atoms with Crippen molar-refractivity contribution < 1.29 is 59.7 Å². The third-order valence-corrected chi connectivity index (χ3v) is 19.2. The van der Waals surface area contributed by atoms with E-state index in [4.69, 9.17) is 56.1 Å². The largest absolute Gasteiger partial charge is 0.492 e. The summed E-state index contributed by atoms with van der Waals surface area (Å²) in [4.78, 5) is 47.2. The molecule has 2 radical (unpaired) electrons. The average molecular weight is 1200 g/mol. The van der Waals surface area contributed by atoms with Gasteiger partial charge in [0.15, 0.2) is 41.6 Å². The molecule has 9 heterocycles. The van der Waals surface area contributed by atoms with Gasteiger partial charge < -0.3 is 44.4 Å². The number of aromatic nitrogens is 10. The molecule has 0 saturated carbocycles. The Morgan fingerprint density at radius 1 is 0.810 bits per heavy atom. The van der Waals surface area contributed by atoms with Crippen LogP contribution in [0.4, 0.5) is 26.1 Å². The molecule has 0 bridgehead atoms. The highest BCUT2D eigenvalue weighted by Gasteiger charge is 2.55. The van der Waals surface area contributed by atoms with Crippen LogP contribution in [-0.4, -0.2) is 126 Å². The lowest BCUT2D eigenvalue weighted by Crippen LogP contribution is -2.37. The molecule has 0 aliphatic carbocycles. The second kappa shape index (κ2) is 22.3. The summed E-state index contributed by atoms with van der Waals surface area (Å²) >= 11 is 0.645. The summed E-state index contributed by atoms with van der Waals surface area (Å²) in [7, 11) is 3.34. The second-order valence-corrected chi connectivity index (χ2v) is 25.5. The molecule has 10 atom stereocenters. The van der Waals surface area contributed by atoms with Crippen LogP contribution in [-0.2, 0) is 55.5 Å². The number of ether oxygens (including phenoxy) is 4. The van der Waals surface area contributed by atoms with Gasteiger partial charge in [0.25, 0.3) is 13.0 Å². The summed E-state index contributed by atoms with van der Waals surface area (Å²) in [5.41, 5.74) is 18.1. The van der Waals surface area contributed by atoms with Gasteiger partial charge in [0.2, 0.25) is 13.5 Å². The highest BCUT2D eigenvalue weighted by Crippen LogP contribution is 2.65. The highest BCUT2D eigenvalue weighted by molar-refractivity contribution is 8.54.